The van der Waals surface area contributed by atoms with Gasteiger partial charge in [0.1, 0.15) is 16.2 Å². The fourth-order valence-electron chi connectivity index (χ4n) is 2.34. The number of thiazole rings is 1. The second-order valence-corrected chi connectivity index (χ2v) is 6.10. The molecule has 116 valence electrons. The lowest BCUT2D eigenvalue weighted by atomic mass is 9.87. The maximum absolute atomic E-state index is 14.0. The molecular weight excluding hydrogens is 305 g/mol. The molecule has 3 rings (SSSR count). The van der Waals surface area contributed by atoms with Crippen molar-refractivity contribution < 1.29 is 13.9 Å². The molecule has 1 aromatic heterocycles. The highest BCUT2D eigenvalue weighted by molar-refractivity contribution is 7.17. The van der Waals surface area contributed by atoms with Crippen molar-refractivity contribution in [1.82, 2.24) is 10.3 Å². The Kier molecular flexibility index (Phi) is 4.08. The first-order valence-corrected chi connectivity index (χ1v) is 7.81. The van der Waals surface area contributed by atoms with E-state index in [1.807, 2.05) is 6.92 Å². The van der Waals surface area contributed by atoms with Crippen LogP contribution in [0.25, 0.3) is 0 Å². The van der Waals surface area contributed by atoms with Gasteiger partial charge < -0.3 is 15.4 Å². The summed E-state index contributed by atoms with van der Waals surface area (Å²) in [6, 6.07) is 6.44. The molecule has 0 bridgehead atoms. The molecular formula is C15H16FN3O2S. The normalized spacial score (nSPS) is 15.9. The standard InChI is InChI=1S/C15H16FN3O2S/c1-2-17-14-18-7-12(22-14)13(20)19-15(8-21-9-15)10-5-3-4-6-11(10)16/h3-7H,2,8-9H2,1H3,(H,17,18)(H,19,20). The van der Waals surface area contributed by atoms with Crippen molar-refractivity contribution in [1.29, 1.82) is 0 Å². The summed E-state index contributed by atoms with van der Waals surface area (Å²) in [6.45, 7) is 3.22. The topological polar surface area (TPSA) is 63.2 Å². The van der Waals surface area contributed by atoms with Crippen LogP contribution in [0.2, 0.25) is 0 Å². The Hall–Kier alpha value is -1.99. The van der Waals surface area contributed by atoms with Gasteiger partial charge in [0, 0.05) is 12.1 Å². The number of halogens is 1. The maximum atomic E-state index is 14.0. The number of benzene rings is 1. The minimum atomic E-state index is -0.801. The summed E-state index contributed by atoms with van der Waals surface area (Å²) in [5.74, 6) is -0.614. The van der Waals surface area contributed by atoms with E-state index in [0.717, 1.165) is 6.54 Å². The van der Waals surface area contributed by atoms with Crippen molar-refractivity contribution in [2.24, 2.45) is 0 Å². The smallest absolute Gasteiger partial charge is 0.263 e. The number of hydrogen-bond acceptors (Lipinski definition) is 5. The van der Waals surface area contributed by atoms with Crippen molar-refractivity contribution in [3.63, 3.8) is 0 Å². The Morgan fingerprint density at radius 2 is 2.23 bits per heavy atom. The maximum Gasteiger partial charge on any atom is 0.263 e. The van der Waals surface area contributed by atoms with E-state index in [-0.39, 0.29) is 24.9 Å². The van der Waals surface area contributed by atoms with E-state index in [4.69, 9.17) is 4.74 Å². The van der Waals surface area contributed by atoms with Gasteiger partial charge in [0.25, 0.3) is 5.91 Å². The number of carbonyl (C=O) groups excluding carboxylic acids is 1. The minimum Gasteiger partial charge on any atom is -0.376 e. The van der Waals surface area contributed by atoms with Crippen LogP contribution in [0.4, 0.5) is 9.52 Å². The van der Waals surface area contributed by atoms with Gasteiger partial charge in [0.2, 0.25) is 0 Å². The van der Waals surface area contributed by atoms with Gasteiger partial charge in [-0.2, -0.15) is 0 Å². The molecule has 5 nitrogen and oxygen atoms in total. The second-order valence-electron chi connectivity index (χ2n) is 5.07. The Balaban J connectivity index is 1.80. The van der Waals surface area contributed by atoms with Gasteiger partial charge in [-0.15, -0.1) is 0 Å². The number of carbonyl (C=O) groups is 1. The van der Waals surface area contributed by atoms with Crippen LogP contribution in [-0.4, -0.2) is 30.6 Å². The van der Waals surface area contributed by atoms with Crippen molar-refractivity contribution in [3.05, 3.63) is 46.7 Å². The Labute approximate surface area is 131 Å². The second kappa shape index (κ2) is 6.02. The Morgan fingerprint density at radius 3 is 2.86 bits per heavy atom. The van der Waals surface area contributed by atoms with Gasteiger partial charge >= 0.3 is 0 Å². The molecule has 0 saturated carbocycles. The van der Waals surface area contributed by atoms with E-state index >= 15 is 0 Å². The van der Waals surface area contributed by atoms with Gasteiger partial charge in [-0.1, -0.05) is 29.5 Å². The lowest BCUT2D eigenvalue weighted by Gasteiger charge is -2.42. The predicted octanol–water partition coefficient (Wildman–Crippen LogP) is 2.37. The van der Waals surface area contributed by atoms with Crippen LogP contribution in [-0.2, 0) is 10.3 Å². The van der Waals surface area contributed by atoms with Crippen LogP contribution >= 0.6 is 11.3 Å². The highest BCUT2D eigenvalue weighted by atomic mass is 32.1. The molecule has 1 saturated heterocycles. The van der Waals surface area contributed by atoms with Crippen molar-refractivity contribution >= 4 is 22.4 Å². The van der Waals surface area contributed by atoms with Crippen LogP contribution in [0.3, 0.4) is 0 Å². The van der Waals surface area contributed by atoms with E-state index in [1.54, 1.807) is 18.2 Å². The third kappa shape index (κ3) is 2.69. The number of nitrogens with zero attached hydrogens (tertiary/aromatic N) is 1. The monoisotopic (exact) mass is 321 g/mol. The third-order valence-corrected chi connectivity index (χ3v) is 4.45. The van der Waals surface area contributed by atoms with E-state index in [9.17, 15) is 9.18 Å². The number of ether oxygens (including phenoxy) is 1. The SMILES string of the molecule is CCNc1ncc(C(=O)NC2(c3ccccc3F)COC2)s1. The van der Waals surface area contributed by atoms with E-state index in [1.165, 1.54) is 23.6 Å². The minimum absolute atomic E-state index is 0.262. The average Bonchev–Trinajstić information content (AvgIpc) is 2.93. The first-order valence-electron chi connectivity index (χ1n) is 6.99. The lowest BCUT2D eigenvalue weighted by Crippen LogP contribution is -2.59. The molecule has 1 fully saturated rings. The zero-order valence-corrected chi connectivity index (χ0v) is 12.9. The lowest BCUT2D eigenvalue weighted by molar-refractivity contribution is -0.0748. The summed E-state index contributed by atoms with van der Waals surface area (Å²) in [6.07, 6.45) is 1.52. The molecule has 7 heteroatoms. The molecule has 1 aliphatic heterocycles. The average molecular weight is 321 g/mol. The quantitative estimate of drug-likeness (QED) is 0.887. The first-order chi connectivity index (χ1) is 10.6. The van der Waals surface area contributed by atoms with Gasteiger partial charge in [-0.25, -0.2) is 9.37 Å². The molecule has 1 aliphatic rings. The highest BCUT2D eigenvalue weighted by Crippen LogP contribution is 2.32. The molecule has 2 aromatic rings. The third-order valence-electron chi connectivity index (χ3n) is 3.50. The van der Waals surface area contributed by atoms with Crippen LogP contribution in [0.5, 0.6) is 0 Å². The molecule has 2 heterocycles. The van der Waals surface area contributed by atoms with E-state index in [0.29, 0.717) is 15.6 Å². The zero-order chi connectivity index (χ0) is 15.6. The van der Waals surface area contributed by atoms with E-state index < -0.39 is 5.54 Å². The summed E-state index contributed by atoms with van der Waals surface area (Å²) >= 11 is 1.27. The molecule has 0 aliphatic carbocycles. The highest BCUT2D eigenvalue weighted by Gasteiger charge is 2.43. The summed E-state index contributed by atoms with van der Waals surface area (Å²) in [5.41, 5.74) is -0.351. The van der Waals surface area contributed by atoms with Crippen LogP contribution in [0.1, 0.15) is 22.2 Å². The summed E-state index contributed by atoms with van der Waals surface area (Å²) in [4.78, 5) is 17.0. The molecule has 2 N–H and O–H groups in total. The van der Waals surface area contributed by atoms with Crippen molar-refractivity contribution in [3.8, 4) is 0 Å². The van der Waals surface area contributed by atoms with Gasteiger partial charge in [-0.3, -0.25) is 4.79 Å². The zero-order valence-electron chi connectivity index (χ0n) is 12.1. The first kappa shape index (κ1) is 14.9. The number of amides is 1. The molecule has 1 amide bonds. The Morgan fingerprint density at radius 1 is 1.45 bits per heavy atom. The van der Waals surface area contributed by atoms with Crippen LogP contribution in [0.15, 0.2) is 30.5 Å². The number of rotatable bonds is 5. The fraction of sp³-hybridized carbons (Fsp3) is 0.333. The predicted molar refractivity (Wildman–Crippen MR) is 82.6 cm³/mol. The number of anilines is 1. The molecule has 0 radical (unpaired) electrons. The largest absolute Gasteiger partial charge is 0.376 e. The Bertz CT molecular complexity index is 685. The van der Waals surface area contributed by atoms with E-state index in [2.05, 4.69) is 15.6 Å². The summed E-state index contributed by atoms with van der Waals surface area (Å²) in [7, 11) is 0. The van der Waals surface area contributed by atoms with Gasteiger partial charge in [0.05, 0.1) is 19.4 Å². The van der Waals surface area contributed by atoms with Gasteiger partial charge in [-0.05, 0) is 13.0 Å². The van der Waals surface area contributed by atoms with Crippen molar-refractivity contribution in [2.45, 2.75) is 12.5 Å². The van der Waals surface area contributed by atoms with Crippen LogP contribution in [0, 0.1) is 5.82 Å². The van der Waals surface area contributed by atoms with Crippen molar-refractivity contribution in [2.75, 3.05) is 25.1 Å². The van der Waals surface area contributed by atoms with Gasteiger partial charge in [0.15, 0.2) is 5.13 Å². The summed E-state index contributed by atoms with van der Waals surface area (Å²) in [5, 5.41) is 6.65. The molecule has 0 unspecified atom stereocenters. The number of hydrogen-bond donors (Lipinski definition) is 2. The van der Waals surface area contributed by atoms with Crippen LogP contribution < -0.4 is 10.6 Å². The number of nitrogens with one attached hydrogen (secondary N) is 2. The fourth-order valence-corrected chi connectivity index (χ4v) is 3.12. The summed E-state index contributed by atoms with van der Waals surface area (Å²) < 4.78 is 19.3. The molecule has 0 atom stereocenters. The molecule has 1 aromatic carbocycles. The molecule has 22 heavy (non-hydrogen) atoms. The number of aromatic nitrogens is 1. The molecule has 0 spiro atoms.